The molecule has 0 unspecified atom stereocenters. The van der Waals surface area contributed by atoms with Gasteiger partial charge in [0, 0.05) is 17.8 Å². The molecule has 1 aromatic heterocycles. The Kier molecular flexibility index (Phi) is 2.36. The van der Waals surface area contributed by atoms with Gasteiger partial charge in [-0.05, 0) is 18.9 Å². The van der Waals surface area contributed by atoms with Crippen molar-refractivity contribution in [3.63, 3.8) is 0 Å². The molecule has 2 nitrogen and oxygen atoms in total. The third-order valence-corrected chi connectivity index (χ3v) is 2.31. The summed E-state index contributed by atoms with van der Waals surface area (Å²) < 4.78 is 61.9. The summed E-state index contributed by atoms with van der Waals surface area (Å²) in [5, 5.41) is 0. The quantitative estimate of drug-likeness (QED) is 0.740. The molecule has 0 bridgehead atoms. The Hall–Kier alpha value is -1.27. The molecule has 1 aliphatic carbocycles. The number of alkyl halides is 5. The monoisotopic (exact) mass is 238 g/mol. The number of aromatic nitrogens is 2. The first-order valence-electron chi connectivity index (χ1n) is 4.60. The Morgan fingerprint density at radius 2 is 1.75 bits per heavy atom. The van der Waals surface area contributed by atoms with Crippen LogP contribution in [0.5, 0.6) is 0 Å². The number of rotatable bonds is 2. The van der Waals surface area contributed by atoms with Gasteiger partial charge in [-0.3, -0.25) is 0 Å². The lowest BCUT2D eigenvalue weighted by atomic mass is 10.2. The highest BCUT2D eigenvalue weighted by Gasteiger charge is 2.61. The molecule has 0 aliphatic heterocycles. The molecule has 88 valence electrons. The number of halogens is 5. The van der Waals surface area contributed by atoms with E-state index in [2.05, 4.69) is 9.97 Å². The third-order valence-electron chi connectivity index (χ3n) is 2.31. The first-order valence-corrected chi connectivity index (χ1v) is 4.60. The molecule has 1 heterocycles. The van der Waals surface area contributed by atoms with Gasteiger partial charge in [0.2, 0.25) is 5.82 Å². The summed E-state index contributed by atoms with van der Waals surface area (Å²) in [6.07, 6.45) is -3.17. The Balaban J connectivity index is 2.35. The van der Waals surface area contributed by atoms with Gasteiger partial charge in [0.15, 0.2) is 0 Å². The van der Waals surface area contributed by atoms with Crippen LogP contribution in [-0.2, 0) is 5.92 Å². The summed E-state index contributed by atoms with van der Waals surface area (Å²) in [7, 11) is 0. The summed E-state index contributed by atoms with van der Waals surface area (Å²) in [6.45, 7) is 0. The fourth-order valence-corrected chi connectivity index (χ4v) is 1.26. The van der Waals surface area contributed by atoms with Crippen molar-refractivity contribution < 1.29 is 22.0 Å². The van der Waals surface area contributed by atoms with Crippen molar-refractivity contribution in [1.29, 1.82) is 0 Å². The summed E-state index contributed by atoms with van der Waals surface area (Å²) in [5.41, 5.74) is 0.258. The van der Waals surface area contributed by atoms with Crippen molar-refractivity contribution in [3.8, 4) is 0 Å². The van der Waals surface area contributed by atoms with Gasteiger partial charge >= 0.3 is 12.1 Å². The van der Waals surface area contributed by atoms with Crippen molar-refractivity contribution in [3.05, 3.63) is 23.8 Å². The van der Waals surface area contributed by atoms with E-state index < -0.39 is 17.9 Å². The van der Waals surface area contributed by atoms with Crippen LogP contribution in [0, 0.1) is 0 Å². The van der Waals surface area contributed by atoms with Crippen LogP contribution in [0.3, 0.4) is 0 Å². The van der Waals surface area contributed by atoms with Crippen LogP contribution < -0.4 is 0 Å². The Labute approximate surface area is 87.5 Å². The van der Waals surface area contributed by atoms with Crippen molar-refractivity contribution in [1.82, 2.24) is 9.97 Å². The average molecular weight is 238 g/mol. The van der Waals surface area contributed by atoms with Crippen molar-refractivity contribution in [2.24, 2.45) is 0 Å². The molecule has 1 fully saturated rings. The normalized spacial score (nSPS) is 17.6. The van der Waals surface area contributed by atoms with Gasteiger partial charge in [0.1, 0.15) is 0 Å². The molecule has 0 N–H and O–H groups in total. The van der Waals surface area contributed by atoms with Crippen molar-refractivity contribution in [2.45, 2.75) is 30.9 Å². The highest BCUT2D eigenvalue weighted by atomic mass is 19.4. The molecule has 7 heteroatoms. The number of nitrogens with zero attached hydrogens (tertiary/aromatic N) is 2. The van der Waals surface area contributed by atoms with Crippen LogP contribution in [0.2, 0.25) is 0 Å². The predicted molar refractivity (Wildman–Crippen MR) is 44.0 cm³/mol. The lowest BCUT2D eigenvalue weighted by Gasteiger charge is -2.18. The van der Waals surface area contributed by atoms with Crippen LogP contribution in [0.25, 0.3) is 0 Å². The fraction of sp³-hybridized carbons (Fsp3) is 0.556. The standard InChI is InChI=1S/C9H7F5N2/c10-8(11,9(12,13)14)7-15-4-3-6(16-7)5-1-2-5/h3-5H,1-2H2. The van der Waals surface area contributed by atoms with E-state index in [-0.39, 0.29) is 11.6 Å². The van der Waals surface area contributed by atoms with Gasteiger partial charge in [0.25, 0.3) is 0 Å². The van der Waals surface area contributed by atoms with Crippen LogP contribution in [-0.4, -0.2) is 16.1 Å². The fourth-order valence-electron chi connectivity index (χ4n) is 1.26. The molecule has 1 aromatic rings. The van der Waals surface area contributed by atoms with Crippen LogP contribution in [0.1, 0.15) is 30.3 Å². The smallest absolute Gasteiger partial charge is 0.235 e. The molecule has 0 saturated heterocycles. The summed E-state index contributed by atoms with van der Waals surface area (Å²) >= 11 is 0. The zero-order valence-electron chi connectivity index (χ0n) is 7.93. The molecule has 0 spiro atoms. The highest BCUT2D eigenvalue weighted by Crippen LogP contribution is 2.44. The molecular formula is C9H7F5N2. The molecule has 1 saturated carbocycles. The van der Waals surface area contributed by atoms with E-state index in [0.717, 1.165) is 19.0 Å². The minimum absolute atomic E-state index is 0.00536. The molecule has 2 rings (SSSR count). The maximum atomic E-state index is 12.9. The largest absolute Gasteiger partial charge is 0.461 e. The highest BCUT2D eigenvalue weighted by molar-refractivity contribution is 5.16. The molecule has 0 aromatic carbocycles. The molecule has 0 atom stereocenters. The van der Waals surface area contributed by atoms with E-state index in [9.17, 15) is 22.0 Å². The SMILES string of the molecule is FC(F)(F)C(F)(F)c1nccc(C2CC2)n1. The van der Waals surface area contributed by atoms with Gasteiger partial charge in [-0.2, -0.15) is 22.0 Å². The Morgan fingerprint density at radius 3 is 2.25 bits per heavy atom. The zero-order chi connectivity index (χ0) is 12.0. The number of hydrogen-bond acceptors (Lipinski definition) is 2. The average Bonchev–Trinajstić information content (AvgIpc) is 2.99. The summed E-state index contributed by atoms with van der Waals surface area (Å²) in [5.74, 6) is -6.45. The molecule has 16 heavy (non-hydrogen) atoms. The lowest BCUT2D eigenvalue weighted by molar-refractivity contribution is -0.292. The summed E-state index contributed by atoms with van der Waals surface area (Å²) in [6, 6.07) is 1.37. The summed E-state index contributed by atoms with van der Waals surface area (Å²) in [4.78, 5) is 6.30. The van der Waals surface area contributed by atoms with E-state index >= 15 is 0 Å². The van der Waals surface area contributed by atoms with Gasteiger partial charge in [-0.1, -0.05) is 0 Å². The van der Waals surface area contributed by atoms with Crippen LogP contribution in [0.15, 0.2) is 12.3 Å². The van der Waals surface area contributed by atoms with Crippen molar-refractivity contribution >= 4 is 0 Å². The molecule has 0 radical (unpaired) electrons. The lowest BCUT2D eigenvalue weighted by Crippen LogP contribution is -2.35. The molecule has 1 aliphatic rings. The van der Waals surface area contributed by atoms with Gasteiger partial charge in [0.05, 0.1) is 0 Å². The van der Waals surface area contributed by atoms with Gasteiger partial charge in [-0.25, -0.2) is 9.97 Å². The van der Waals surface area contributed by atoms with Gasteiger partial charge < -0.3 is 0 Å². The Morgan fingerprint density at radius 1 is 1.12 bits per heavy atom. The van der Waals surface area contributed by atoms with E-state index in [1.54, 1.807) is 0 Å². The molecular weight excluding hydrogens is 231 g/mol. The maximum absolute atomic E-state index is 12.9. The molecule has 0 amide bonds. The second-order valence-corrected chi connectivity index (χ2v) is 3.65. The van der Waals surface area contributed by atoms with E-state index in [1.807, 2.05) is 0 Å². The first-order chi connectivity index (χ1) is 7.32. The van der Waals surface area contributed by atoms with E-state index in [4.69, 9.17) is 0 Å². The second kappa shape index (κ2) is 3.36. The predicted octanol–water partition coefficient (Wildman–Crippen LogP) is 3.01. The maximum Gasteiger partial charge on any atom is 0.461 e. The first kappa shape index (κ1) is 11.2. The van der Waals surface area contributed by atoms with E-state index in [1.165, 1.54) is 6.07 Å². The van der Waals surface area contributed by atoms with Crippen LogP contribution >= 0.6 is 0 Å². The zero-order valence-corrected chi connectivity index (χ0v) is 7.93. The minimum Gasteiger partial charge on any atom is -0.235 e. The van der Waals surface area contributed by atoms with Gasteiger partial charge in [-0.15, -0.1) is 0 Å². The van der Waals surface area contributed by atoms with E-state index in [0.29, 0.717) is 0 Å². The van der Waals surface area contributed by atoms with Crippen LogP contribution in [0.4, 0.5) is 22.0 Å². The topological polar surface area (TPSA) is 25.8 Å². The minimum atomic E-state index is -5.66. The van der Waals surface area contributed by atoms with Crippen molar-refractivity contribution in [2.75, 3.05) is 0 Å². The third kappa shape index (κ3) is 1.85. The Bertz CT molecular complexity index is 397. The second-order valence-electron chi connectivity index (χ2n) is 3.65. The number of hydrogen-bond donors (Lipinski definition) is 0.